The van der Waals surface area contributed by atoms with Gasteiger partial charge in [0.05, 0.1) is 6.17 Å². The lowest BCUT2D eigenvalue weighted by Gasteiger charge is -2.15. The Hall–Kier alpha value is -1.52. The van der Waals surface area contributed by atoms with E-state index in [1.54, 1.807) is 0 Å². The molecule has 2 heterocycles. The van der Waals surface area contributed by atoms with Crippen LogP contribution in [0.15, 0.2) is 6.33 Å². The fourth-order valence-electron chi connectivity index (χ4n) is 1.28. The van der Waals surface area contributed by atoms with E-state index in [1.807, 2.05) is 18.9 Å². The molecular weight excluding hydrogens is 154 g/mol. The molecule has 1 aromatic heterocycles. The number of hydrogen-bond donors (Lipinski definition) is 2. The van der Waals surface area contributed by atoms with Crippen LogP contribution in [0.25, 0.3) is 0 Å². The van der Waals surface area contributed by atoms with E-state index in [-0.39, 0.29) is 6.17 Å². The molecule has 0 saturated carbocycles. The van der Waals surface area contributed by atoms with Crippen molar-refractivity contribution in [3.63, 3.8) is 0 Å². The molecule has 1 aliphatic rings. The van der Waals surface area contributed by atoms with E-state index in [4.69, 9.17) is 5.73 Å². The predicted octanol–water partition coefficient (Wildman–Crippen LogP) is 0.266. The first-order valence-corrected chi connectivity index (χ1v) is 3.80. The number of nitrogens with zero attached hydrogens (tertiary/aromatic N) is 3. The SMILES string of the molecule is CC1Nc2c(N)ncnc2N1C. The van der Waals surface area contributed by atoms with Gasteiger partial charge in [0.25, 0.3) is 0 Å². The summed E-state index contributed by atoms with van der Waals surface area (Å²) < 4.78 is 0. The number of aromatic nitrogens is 2. The Morgan fingerprint density at radius 1 is 1.58 bits per heavy atom. The maximum absolute atomic E-state index is 5.66. The Morgan fingerprint density at radius 2 is 2.33 bits per heavy atom. The fraction of sp³-hybridized carbons (Fsp3) is 0.429. The molecule has 12 heavy (non-hydrogen) atoms. The van der Waals surface area contributed by atoms with E-state index in [1.165, 1.54) is 6.33 Å². The van der Waals surface area contributed by atoms with Crippen LogP contribution in [0.4, 0.5) is 17.3 Å². The standard InChI is InChI=1S/C7H11N5/c1-4-11-5-6(8)9-3-10-7(5)12(4)2/h3-4,11H,1-2H3,(H2,8,9,10). The highest BCUT2D eigenvalue weighted by Gasteiger charge is 2.25. The van der Waals surface area contributed by atoms with Gasteiger partial charge >= 0.3 is 0 Å². The summed E-state index contributed by atoms with van der Waals surface area (Å²) in [6.07, 6.45) is 1.71. The average molecular weight is 165 g/mol. The number of fused-ring (bicyclic) bond motifs is 1. The number of nitrogens with two attached hydrogens (primary N) is 1. The molecule has 0 spiro atoms. The van der Waals surface area contributed by atoms with E-state index < -0.39 is 0 Å². The molecule has 3 N–H and O–H groups in total. The Kier molecular flexibility index (Phi) is 1.33. The minimum atomic E-state index is 0.235. The normalized spacial score (nSPS) is 20.5. The lowest BCUT2D eigenvalue weighted by atomic mass is 10.4. The predicted molar refractivity (Wildman–Crippen MR) is 47.9 cm³/mol. The van der Waals surface area contributed by atoms with Gasteiger partial charge in [-0.1, -0.05) is 0 Å². The van der Waals surface area contributed by atoms with Gasteiger partial charge in [-0.3, -0.25) is 0 Å². The van der Waals surface area contributed by atoms with Crippen LogP contribution in [0.2, 0.25) is 0 Å². The van der Waals surface area contributed by atoms with Crippen LogP contribution in [0, 0.1) is 0 Å². The molecule has 1 unspecified atom stereocenters. The minimum Gasteiger partial charge on any atom is -0.382 e. The van der Waals surface area contributed by atoms with Crippen molar-refractivity contribution in [1.82, 2.24) is 9.97 Å². The van der Waals surface area contributed by atoms with E-state index in [9.17, 15) is 0 Å². The number of rotatable bonds is 0. The van der Waals surface area contributed by atoms with Gasteiger partial charge in [-0.2, -0.15) is 0 Å². The van der Waals surface area contributed by atoms with Crippen LogP contribution in [-0.4, -0.2) is 23.2 Å². The molecular formula is C7H11N5. The third-order valence-corrected chi connectivity index (χ3v) is 2.12. The summed E-state index contributed by atoms with van der Waals surface area (Å²) in [6.45, 7) is 2.04. The van der Waals surface area contributed by atoms with E-state index >= 15 is 0 Å². The van der Waals surface area contributed by atoms with Crippen molar-refractivity contribution < 1.29 is 0 Å². The smallest absolute Gasteiger partial charge is 0.159 e. The third kappa shape index (κ3) is 0.792. The van der Waals surface area contributed by atoms with Gasteiger partial charge in [-0.25, -0.2) is 9.97 Å². The van der Waals surface area contributed by atoms with Gasteiger partial charge in [-0.05, 0) is 6.92 Å². The largest absolute Gasteiger partial charge is 0.382 e. The number of nitrogen functional groups attached to an aromatic ring is 1. The van der Waals surface area contributed by atoms with Crippen molar-refractivity contribution in [2.24, 2.45) is 0 Å². The molecule has 1 atom stereocenters. The van der Waals surface area contributed by atoms with Gasteiger partial charge in [0.2, 0.25) is 0 Å². The van der Waals surface area contributed by atoms with Gasteiger partial charge in [0, 0.05) is 7.05 Å². The highest BCUT2D eigenvalue weighted by atomic mass is 15.4. The zero-order chi connectivity index (χ0) is 8.72. The average Bonchev–Trinajstić information content (AvgIpc) is 2.32. The first-order valence-electron chi connectivity index (χ1n) is 3.80. The second kappa shape index (κ2) is 2.23. The highest BCUT2D eigenvalue weighted by molar-refractivity contribution is 5.80. The molecule has 2 rings (SSSR count). The van der Waals surface area contributed by atoms with Crippen molar-refractivity contribution >= 4 is 17.3 Å². The molecule has 5 heteroatoms. The highest BCUT2D eigenvalue weighted by Crippen LogP contribution is 2.33. The minimum absolute atomic E-state index is 0.235. The van der Waals surface area contributed by atoms with Crippen molar-refractivity contribution in [3.05, 3.63) is 6.33 Å². The quantitative estimate of drug-likeness (QED) is 0.577. The molecule has 0 fully saturated rings. The molecule has 64 valence electrons. The summed E-state index contributed by atoms with van der Waals surface area (Å²) >= 11 is 0. The van der Waals surface area contributed by atoms with Crippen LogP contribution in [-0.2, 0) is 0 Å². The Labute approximate surface area is 70.6 Å². The number of nitrogens with one attached hydrogen (secondary N) is 1. The first kappa shape index (κ1) is 7.15. The summed E-state index contributed by atoms with van der Waals surface area (Å²) in [5.74, 6) is 1.38. The second-order valence-corrected chi connectivity index (χ2v) is 2.89. The number of anilines is 3. The van der Waals surface area contributed by atoms with E-state index in [2.05, 4.69) is 15.3 Å². The lowest BCUT2D eigenvalue weighted by molar-refractivity contribution is 0.797. The third-order valence-electron chi connectivity index (χ3n) is 2.12. The van der Waals surface area contributed by atoms with Gasteiger partial charge in [0.15, 0.2) is 11.6 Å². The molecule has 0 radical (unpaired) electrons. The Balaban J connectivity index is 2.53. The topological polar surface area (TPSA) is 67.1 Å². The molecule has 1 aromatic rings. The molecule has 1 aliphatic heterocycles. The fourth-order valence-corrected chi connectivity index (χ4v) is 1.28. The van der Waals surface area contributed by atoms with Crippen LogP contribution in [0.3, 0.4) is 0 Å². The van der Waals surface area contributed by atoms with Gasteiger partial charge in [-0.15, -0.1) is 0 Å². The molecule has 0 bridgehead atoms. The summed E-state index contributed by atoms with van der Waals surface area (Å²) in [5, 5.41) is 3.19. The second-order valence-electron chi connectivity index (χ2n) is 2.89. The lowest BCUT2D eigenvalue weighted by Crippen LogP contribution is -2.28. The van der Waals surface area contributed by atoms with Crippen LogP contribution >= 0.6 is 0 Å². The molecule has 0 aromatic carbocycles. The van der Waals surface area contributed by atoms with E-state index in [0.717, 1.165) is 11.5 Å². The van der Waals surface area contributed by atoms with Crippen LogP contribution in [0.5, 0.6) is 0 Å². The monoisotopic (exact) mass is 165 g/mol. The van der Waals surface area contributed by atoms with E-state index in [0.29, 0.717) is 5.82 Å². The number of hydrogen-bond acceptors (Lipinski definition) is 5. The van der Waals surface area contributed by atoms with Crippen LogP contribution in [0.1, 0.15) is 6.92 Å². The summed E-state index contributed by atoms with van der Waals surface area (Å²) in [5.41, 5.74) is 6.50. The van der Waals surface area contributed by atoms with Crippen molar-refractivity contribution in [3.8, 4) is 0 Å². The Bertz CT molecular complexity index is 311. The molecule has 0 aliphatic carbocycles. The van der Waals surface area contributed by atoms with Gasteiger partial charge in [0.1, 0.15) is 12.0 Å². The maximum atomic E-state index is 5.66. The zero-order valence-corrected chi connectivity index (χ0v) is 7.07. The molecule has 0 saturated heterocycles. The summed E-state index contributed by atoms with van der Waals surface area (Å²) in [7, 11) is 1.97. The summed E-state index contributed by atoms with van der Waals surface area (Å²) in [4.78, 5) is 10.0. The van der Waals surface area contributed by atoms with Crippen molar-refractivity contribution in [2.45, 2.75) is 13.1 Å². The van der Waals surface area contributed by atoms with Crippen LogP contribution < -0.4 is 16.0 Å². The summed E-state index contributed by atoms with van der Waals surface area (Å²) in [6, 6.07) is 0. The van der Waals surface area contributed by atoms with Crippen molar-refractivity contribution in [2.75, 3.05) is 23.0 Å². The Morgan fingerprint density at radius 3 is 3.00 bits per heavy atom. The molecule has 0 amide bonds. The van der Waals surface area contributed by atoms with Gasteiger partial charge < -0.3 is 16.0 Å². The first-order chi connectivity index (χ1) is 5.70. The van der Waals surface area contributed by atoms with Crippen molar-refractivity contribution in [1.29, 1.82) is 0 Å². The molecule has 5 nitrogen and oxygen atoms in total. The zero-order valence-electron chi connectivity index (χ0n) is 7.07. The maximum Gasteiger partial charge on any atom is 0.159 e.